The lowest BCUT2D eigenvalue weighted by Gasteiger charge is -2.35. The number of rotatable bonds is 51. The molecule has 0 saturated heterocycles. The highest BCUT2D eigenvalue weighted by Gasteiger charge is 2.25. The zero-order valence-electron chi connectivity index (χ0n) is 41.3. The van der Waals surface area contributed by atoms with Gasteiger partial charge in [-0.3, -0.25) is 0 Å². The molecule has 0 spiro atoms. The highest BCUT2D eigenvalue weighted by Crippen LogP contribution is 2.46. The van der Waals surface area contributed by atoms with Gasteiger partial charge in [-0.15, -0.1) is 0 Å². The average Bonchev–Trinajstić information content (AvgIpc) is 3.22. The van der Waals surface area contributed by atoms with Crippen LogP contribution in [-0.4, -0.2) is 31.9 Å². The highest BCUT2D eigenvalue weighted by molar-refractivity contribution is 8.39. The molecule has 3 nitrogen and oxygen atoms in total. The minimum absolute atomic E-state index is 0.903. The molecule has 0 aromatic rings. The Kier molecular flexibility index (Phi) is 48.7. The normalized spacial score (nSPS) is 12.6. The smallest absolute Gasteiger partial charge is 0.259 e. The van der Waals surface area contributed by atoms with E-state index in [9.17, 15) is 14.7 Å². The summed E-state index contributed by atoms with van der Waals surface area (Å²) in [6.07, 6.45) is 65.3. The monoisotopic (exact) mass is 875 g/mol. The van der Waals surface area contributed by atoms with E-state index in [2.05, 4.69) is 20.8 Å². The zero-order chi connectivity index (χ0) is 43.1. The Bertz CT molecular complexity index is 768. The molecule has 0 radical (unpaired) electrons. The number of hydrogen-bond acceptors (Lipinski definition) is 0. The largest absolute Gasteiger partial charge is 0.330 e. The van der Waals surface area contributed by atoms with Crippen LogP contribution in [0.4, 0.5) is 0 Å². The molecular formula is C54H115O3PS. The van der Waals surface area contributed by atoms with E-state index < -0.39 is 15.9 Å². The van der Waals surface area contributed by atoms with Crippen molar-refractivity contribution < 1.29 is 14.7 Å². The quantitative estimate of drug-likeness (QED) is 0.0280. The Balaban J connectivity index is 4.47. The van der Waals surface area contributed by atoms with Crippen molar-refractivity contribution in [3.05, 3.63) is 0 Å². The lowest BCUT2D eigenvalue weighted by atomic mass is 10.0. The first-order valence-electron chi connectivity index (χ1n) is 27.9. The van der Waals surface area contributed by atoms with E-state index in [-0.39, 0.29) is 0 Å². The van der Waals surface area contributed by atoms with E-state index in [4.69, 9.17) is 0 Å². The predicted octanol–water partition coefficient (Wildman–Crippen LogP) is 19.3. The third-order valence-corrected chi connectivity index (χ3v) is 23.7. The van der Waals surface area contributed by atoms with Crippen molar-refractivity contribution in [2.75, 3.05) is 17.3 Å². The predicted molar refractivity (Wildman–Crippen MR) is 276 cm³/mol. The molecule has 0 amide bonds. The van der Waals surface area contributed by atoms with Gasteiger partial charge in [-0.05, 0) is 36.5 Å². The highest BCUT2D eigenvalue weighted by atomic mass is 32.6. The van der Waals surface area contributed by atoms with Gasteiger partial charge in [0.2, 0.25) is 0 Å². The number of unbranched alkanes of at least 4 members (excludes halogenated alkanes) is 45. The van der Waals surface area contributed by atoms with Crippen LogP contribution in [-0.2, 0) is 9.21 Å². The fourth-order valence-electron chi connectivity index (χ4n) is 9.60. The maximum absolute atomic E-state index is 11.1. The molecule has 5 heteroatoms. The van der Waals surface area contributed by atoms with Crippen LogP contribution in [0.15, 0.2) is 0 Å². The summed E-state index contributed by atoms with van der Waals surface area (Å²) in [5.74, 6) is 2.71. The summed E-state index contributed by atoms with van der Waals surface area (Å²) in [4.78, 5) is 33.2. The lowest BCUT2D eigenvalue weighted by Crippen LogP contribution is -2.27. The molecule has 0 atom stereocenters. The Morgan fingerprint density at radius 1 is 0.203 bits per heavy atom. The molecule has 0 aliphatic carbocycles. The third kappa shape index (κ3) is 42.4. The van der Waals surface area contributed by atoms with Gasteiger partial charge in [-0.2, -0.15) is 9.21 Å². The first-order chi connectivity index (χ1) is 28.9. The molecule has 0 aromatic carbocycles. The summed E-state index contributed by atoms with van der Waals surface area (Å²) in [5.41, 5.74) is 0. The minimum Gasteiger partial charge on any atom is -0.330 e. The van der Waals surface area contributed by atoms with Crippen LogP contribution >= 0.6 is 6.72 Å². The molecular weight excluding hydrogens is 760 g/mol. The summed E-state index contributed by atoms with van der Waals surface area (Å²) >= 11 is 0. The van der Waals surface area contributed by atoms with Crippen LogP contribution in [0, 0.1) is 0 Å². The van der Waals surface area contributed by atoms with E-state index in [1.165, 1.54) is 289 Å². The summed E-state index contributed by atoms with van der Waals surface area (Å²) in [7, 11) is -2.17. The number of thiol groups is 1. The molecule has 0 heterocycles. The number of hydrogen-bond donors (Lipinski definition) is 4. The molecule has 0 aliphatic heterocycles. The molecule has 59 heavy (non-hydrogen) atoms. The zero-order valence-corrected chi connectivity index (χ0v) is 43.1. The summed E-state index contributed by atoms with van der Waals surface area (Å²) in [6, 6.07) is 0. The molecule has 0 unspecified atom stereocenters. The van der Waals surface area contributed by atoms with Gasteiger partial charge in [-0.25, -0.2) is 0 Å². The van der Waals surface area contributed by atoms with E-state index in [0.717, 1.165) is 36.5 Å². The maximum Gasteiger partial charge on any atom is 0.259 e. The molecule has 0 aliphatic rings. The van der Waals surface area contributed by atoms with Crippen molar-refractivity contribution in [1.29, 1.82) is 0 Å². The van der Waals surface area contributed by atoms with Gasteiger partial charge >= 0.3 is 0 Å². The topological polar surface area (TPSA) is 60.7 Å². The third-order valence-electron chi connectivity index (χ3n) is 13.9. The second-order valence-corrected chi connectivity index (χ2v) is 28.5. The maximum atomic E-state index is 11.1. The molecule has 0 bridgehead atoms. The van der Waals surface area contributed by atoms with Gasteiger partial charge < -0.3 is 14.7 Å². The lowest BCUT2D eigenvalue weighted by molar-refractivity contribution is 0.362. The molecule has 0 aromatic heterocycles. The fraction of sp³-hybridized carbons (Fsp3) is 1.00. The van der Waals surface area contributed by atoms with Gasteiger partial charge in [0.1, 0.15) is 0 Å². The summed E-state index contributed by atoms with van der Waals surface area (Å²) in [5, 5.41) is 0. The van der Waals surface area contributed by atoms with E-state index in [1.54, 1.807) is 0 Å². The SMILES string of the molecule is CCCCCCCCCCCCCCCCCC[SH](CCCCCCCCCCCCCCCCCC)(CCCCCCCCCCCCCCCCCC)=P(O)(O)O. The minimum atomic E-state index is -3.82. The van der Waals surface area contributed by atoms with Crippen LogP contribution in [0.3, 0.4) is 0 Å². The van der Waals surface area contributed by atoms with Crippen LogP contribution in [0.5, 0.6) is 0 Å². The summed E-state index contributed by atoms with van der Waals surface area (Å²) < 4.78 is 0. The van der Waals surface area contributed by atoms with Crippen molar-refractivity contribution in [2.24, 2.45) is 0 Å². The summed E-state index contributed by atoms with van der Waals surface area (Å²) in [6.45, 7) is 3.08. The first-order valence-corrected chi connectivity index (χ1v) is 32.6. The molecule has 0 fully saturated rings. The van der Waals surface area contributed by atoms with Crippen molar-refractivity contribution in [3.63, 3.8) is 0 Å². The van der Waals surface area contributed by atoms with Crippen molar-refractivity contribution in [3.8, 4) is 0 Å². The van der Waals surface area contributed by atoms with Gasteiger partial charge in [0.05, 0.1) is 0 Å². The second-order valence-electron chi connectivity index (χ2n) is 19.7. The van der Waals surface area contributed by atoms with E-state index >= 15 is 0 Å². The van der Waals surface area contributed by atoms with E-state index in [0.29, 0.717) is 0 Å². The van der Waals surface area contributed by atoms with Gasteiger partial charge in [0, 0.05) is 0 Å². The Hall–Kier alpha value is 0.660. The van der Waals surface area contributed by atoms with Crippen LogP contribution in [0.1, 0.15) is 329 Å². The standard InChI is InChI=1S/C54H115O3PS/c1-4-7-10-13-16-19-22-25-28-31-34-37-40-43-46-49-52-59(58(55,56)57,53-50-47-44-41-38-35-32-29-26-23-20-17-14-11-8-5-2)54-51-48-45-42-39-36-33-30-27-24-21-18-15-12-9-6-3/h55-57,59H,4-54H2,1-3H3. The Morgan fingerprint density at radius 2 is 0.322 bits per heavy atom. The van der Waals surface area contributed by atoms with Crippen LogP contribution < -0.4 is 0 Å². The Morgan fingerprint density at radius 3 is 0.441 bits per heavy atom. The second kappa shape index (κ2) is 48.1. The van der Waals surface area contributed by atoms with Crippen molar-refractivity contribution in [2.45, 2.75) is 329 Å². The van der Waals surface area contributed by atoms with Gasteiger partial charge in [0.15, 0.2) is 0 Å². The van der Waals surface area contributed by atoms with Gasteiger partial charge in [-0.1, -0.05) is 310 Å². The molecule has 3 N–H and O–H groups in total. The molecule has 360 valence electrons. The van der Waals surface area contributed by atoms with Crippen LogP contribution in [0.2, 0.25) is 0 Å². The van der Waals surface area contributed by atoms with Crippen LogP contribution in [0.25, 0.3) is 0 Å². The van der Waals surface area contributed by atoms with Crippen molar-refractivity contribution >= 4 is 15.9 Å². The molecule has 0 saturated carbocycles. The van der Waals surface area contributed by atoms with E-state index in [1.807, 2.05) is 0 Å². The first kappa shape index (κ1) is 59.7. The fourth-order valence-corrected chi connectivity index (χ4v) is 17.2. The van der Waals surface area contributed by atoms with Crippen molar-refractivity contribution in [1.82, 2.24) is 0 Å². The Labute approximate surface area is 375 Å². The van der Waals surface area contributed by atoms with Gasteiger partial charge in [0.25, 0.3) is 6.72 Å². The molecule has 0 rings (SSSR count). The average molecular weight is 876 g/mol.